The fourth-order valence-electron chi connectivity index (χ4n) is 6.14. The first-order valence-corrected chi connectivity index (χ1v) is 13.1. The molecule has 4 aromatic heterocycles. The molecule has 33 heavy (non-hydrogen) atoms. The Balaban J connectivity index is 1.51. The number of rotatable bonds is 0. The first kappa shape index (κ1) is 17.1. The number of benzene rings is 4. The summed E-state index contributed by atoms with van der Waals surface area (Å²) >= 11 is 3.89. The molecule has 0 fully saturated rings. The van der Waals surface area contributed by atoms with Crippen LogP contribution in [-0.4, -0.2) is 4.40 Å². The number of hydrogen-bond acceptors (Lipinski definition) is 2. The fraction of sp³-hybridized carbons (Fsp3) is 0.0667. The highest BCUT2D eigenvalue weighted by molar-refractivity contribution is 7.25. The molecule has 0 N–H and O–H groups in total. The van der Waals surface area contributed by atoms with Crippen molar-refractivity contribution in [2.45, 2.75) is 12.8 Å². The molecule has 0 atom stereocenters. The summed E-state index contributed by atoms with van der Waals surface area (Å²) in [6, 6.07) is 25.4. The van der Waals surface area contributed by atoms with Gasteiger partial charge in [0.2, 0.25) is 0 Å². The van der Waals surface area contributed by atoms with Crippen molar-refractivity contribution in [3.63, 3.8) is 0 Å². The van der Waals surface area contributed by atoms with Gasteiger partial charge in [-0.2, -0.15) is 0 Å². The van der Waals surface area contributed by atoms with Gasteiger partial charge < -0.3 is 4.40 Å². The molecule has 9 rings (SSSR count). The molecule has 4 heterocycles. The van der Waals surface area contributed by atoms with E-state index >= 15 is 0 Å². The Kier molecular flexibility index (Phi) is 2.98. The van der Waals surface area contributed by atoms with Crippen LogP contribution < -0.4 is 0 Å². The largest absolute Gasteiger partial charge is 0.308 e. The molecule has 4 aromatic carbocycles. The fourth-order valence-corrected chi connectivity index (χ4v) is 8.48. The maximum atomic E-state index is 2.53. The Morgan fingerprint density at radius 2 is 1.33 bits per heavy atom. The summed E-state index contributed by atoms with van der Waals surface area (Å²) in [6.07, 6.45) is 7.01. The van der Waals surface area contributed by atoms with Crippen molar-refractivity contribution in [1.82, 2.24) is 4.40 Å². The van der Waals surface area contributed by atoms with Crippen LogP contribution in [0.25, 0.3) is 74.4 Å². The van der Waals surface area contributed by atoms with Gasteiger partial charge in [-0.3, -0.25) is 0 Å². The first-order chi connectivity index (χ1) is 16.3. The highest BCUT2D eigenvalue weighted by Gasteiger charge is 2.21. The van der Waals surface area contributed by atoms with Crippen LogP contribution in [0.3, 0.4) is 0 Å². The number of thiophene rings is 2. The zero-order valence-corrected chi connectivity index (χ0v) is 19.3. The van der Waals surface area contributed by atoms with Crippen molar-refractivity contribution in [3.05, 3.63) is 83.2 Å². The molecule has 0 saturated heterocycles. The van der Waals surface area contributed by atoms with Crippen molar-refractivity contribution in [3.8, 4) is 0 Å². The molecule has 154 valence electrons. The van der Waals surface area contributed by atoms with Crippen LogP contribution in [0, 0.1) is 0 Å². The van der Waals surface area contributed by atoms with E-state index in [4.69, 9.17) is 0 Å². The van der Waals surface area contributed by atoms with Crippen molar-refractivity contribution < 1.29 is 0 Å². The van der Waals surface area contributed by atoms with Crippen molar-refractivity contribution in [1.29, 1.82) is 0 Å². The Bertz CT molecular complexity index is 2130. The third-order valence-electron chi connectivity index (χ3n) is 7.56. The summed E-state index contributed by atoms with van der Waals surface area (Å²) in [4.78, 5) is 1.54. The van der Waals surface area contributed by atoms with Gasteiger partial charge in [0.05, 0.1) is 16.6 Å². The molecular formula is C30H17NS2. The number of hydrogen-bond donors (Lipinski definition) is 0. The molecule has 0 aliphatic heterocycles. The van der Waals surface area contributed by atoms with Crippen molar-refractivity contribution in [2.24, 2.45) is 0 Å². The van der Waals surface area contributed by atoms with Gasteiger partial charge in [-0.15, -0.1) is 22.7 Å². The van der Waals surface area contributed by atoms with E-state index in [2.05, 4.69) is 83.3 Å². The number of aryl methyl sites for hydroxylation is 1. The summed E-state index contributed by atoms with van der Waals surface area (Å²) < 4.78 is 6.69. The number of nitrogens with zero attached hydrogens (tertiary/aromatic N) is 1. The molecule has 1 nitrogen and oxygen atoms in total. The van der Waals surface area contributed by atoms with Crippen LogP contribution >= 0.6 is 22.7 Å². The second-order valence-corrected chi connectivity index (χ2v) is 11.5. The minimum absolute atomic E-state index is 1.16. The van der Waals surface area contributed by atoms with Crippen LogP contribution in [0.5, 0.6) is 0 Å². The summed E-state index contributed by atoms with van der Waals surface area (Å²) in [5, 5.41) is 9.64. The van der Waals surface area contributed by atoms with Crippen LogP contribution in [0.4, 0.5) is 0 Å². The SMILES string of the molecule is C1=Cc2c(sc3cc4c(cc23)c2cccc3c5cc6c(cc5n4c23)sc2ccccc26)CC1. The number of para-hydroxylation sites is 1. The number of fused-ring (bicyclic) bond motifs is 12. The molecule has 0 unspecified atom stereocenters. The molecule has 0 radical (unpaired) electrons. The third-order valence-corrected chi connectivity index (χ3v) is 9.92. The average molecular weight is 456 g/mol. The van der Waals surface area contributed by atoms with Gasteiger partial charge in [0.25, 0.3) is 0 Å². The molecule has 0 spiro atoms. The summed E-state index contributed by atoms with van der Waals surface area (Å²) in [5.41, 5.74) is 5.48. The molecule has 1 aliphatic rings. The van der Waals surface area contributed by atoms with Crippen LogP contribution in [0.15, 0.2) is 72.8 Å². The third kappa shape index (κ3) is 2.00. The lowest BCUT2D eigenvalue weighted by Crippen LogP contribution is -1.87. The second kappa shape index (κ2) is 5.74. The van der Waals surface area contributed by atoms with Gasteiger partial charge in [0.15, 0.2) is 0 Å². The molecular weight excluding hydrogens is 438 g/mol. The van der Waals surface area contributed by atoms with Gasteiger partial charge in [-0.1, -0.05) is 48.6 Å². The maximum absolute atomic E-state index is 2.53. The van der Waals surface area contributed by atoms with E-state index in [0.29, 0.717) is 0 Å². The topological polar surface area (TPSA) is 4.41 Å². The molecule has 0 saturated carbocycles. The quantitative estimate of drug-likeness (QED) is 0.214. The Morgan fingerprint density at radius 1 is 0.606 bits per heavy atom. The zero-order chi connectivity index (χ0) is 21.3. The molecule has 3 heteroatoms. The minimum atomic E-state index is 1.16. The van der Waals surface area contributed by atoms with E-state index in [1.807, 2.05) is 22.7 Å². The normalized spacial score (nSPS) is 14.3. The summed E-state index contributed by atoms with van der Waals surface area (Å²) in [6.45, 7) is 0. The van der Waals surface area contributed by atoms with Gasteiger partial charge in [0, 0.05) is 56.7 Å². The predicted molar refractivity (Wildman–Crippen MR) is 147 cm³/mol. The summed E-state index contributed by atoms with van der Waals surface area (Å²) in [5.74, 6) is 0. The molecule has 1 aliphatic carbocycles. The number of allylic oxidation sites excluding steroid dienone is 1. The Labute approximate surface area is 197 Å². The van der Waals surface area contributed by atoms with Crippen molar-refractivity contribution >= 4 is 97.1 Å². The van der Waals surface area contributed by atoms with E-state index in [9.17, 15) is 0 Å². The average Bonchev–Trinajstić information content (AvgIpc) is 3.57. The van der Waals surface area contributed by atoms with Crippen LogP contribution in [0.2, 0.25) is 0 Å². The highest BCUT2D eigenvalue weighted by atomic mass is 32.1. The standard InChI is InChI=1S/C30H17NS2/c1-3-10-26-16(6-1)22-12-20-18-8-5-9-19-21-13-23-17-7-2-4-11-27(17)33-29(23)15-25(21)31(30(18)19)24(20)14-28(22)32-26/h1-3,5-10,12-15H,4,11H2. The lowest BCUT2D eigenvalue weighted by molar-refractivity contribution is 1.02. The van der Waals surface area contributed by atoms with Gasteiger partial charge in [-0.25, -0.2) is 0 Å². The smallest absolute Gasteiger partial charge is 0.0620 e. The molecule has 0 bridgehead atoms. The molecule has 0 amide bonds. The Morgan fingerprint density at radius 3 is 2.18 bits per heavy atom. The zero-order valence-electron chi connectivity index (χ0n) is 17.7. The van der Waals surface area contributed by atoms with Gasteiger partial charge >= 0.3 is 0 Å². The summed E-state index contributed by atoms with van der Waals surface area (Å²) in [7, 11) is 0. The van der Waals surface area contributed by atoms with Gasteiger partial charge in [-0.05, 0) is 48.7 Å². The van der Waals surface area contributed by atoms with E-state index in [0.717, 1.165) is 6.42 Å². The first-order valence-electron chi connectivity index (χ1n) is 11.5. The van der Waals surface area contributed by atoms with Gasteiger partial charge in [0.1, 0.15) is 0 Å². The minimum Gasteiger partial charge on any atom is -0.308 e. The van der Waals surface area contributed by atoms with Crippen LogP contribution in [0.1, 0.15) is 16.9 Å². The highest BCUT2D eigenvalue weighted by Crippen LogP contribution is 2.45. The van der Waals surface area contributed by atoms with Crippen LogP contribution in [-0.2, 0) is 6.42 Å². The Hall–Kier alpha value is -3.40. The van der Waals surface area contributed by atoms with E-state index < -0.39 is 0 Å². The maximum Gasteiger partial charge on any atom is 0.0620 e. The molecule has 8 aromatic rings. The number of aromatic nitrogens is 1. The van der Waals surface area contributed by atoms with E-state index in [1.54, 1.807) is 4.88 Å². The van der Waals surface area contributed by atoms with Crippen molar-refractivity contribution in [2.75, 3.05) is 0 Å². The monoisotopic (exact) mass is 455 g/mol. The van der Waals surface area contributed by atoms with E-state index in [1.165, 1.54) is 80.3 Å². The lowest BCUT2D eigenvalue weighted by atomic mass is 10.0. The van der Waals surface area contributed by atoms with E-state index in [-0.39, 0.29) is 0 Å². The predicted octanol–water partition coefficient (Wildman–Crippen LogP) is 9.38. The second-order valence-electron chi connectivity index (χ2n) is 9.25. The lowest BCUT2D eigenvalue weighted by Gasteiger charge is -2.03.